The molecule has 1 aromatic rings. The Labute approximate surface area is 107 Å². The molecule has 8 heteroatoms. The van der Waals surface area contributed by atoms with Crippen LogP contribution in [0, 0.1) is 0 Å². The number of halogens is 2. The van der Waals surface area contributed by atoms with Crippen LogP contribution in [0.3, 0.4) is 0 Å². The van der Waals surface area contributed by atoms with Crippen molar-refractivity contribution in [3.8, 4) is 0 Å². The lowest BCUT2D eigenvalue weighted by Gasteiger charge is -2.18. The van der Waals surface area contributed by atoms with Crippen LogP contribution in [0.1, 0.15) is 11.1 Å². The molecule has 0 aromatic heterocycles. The van der Waals surface area contributed by atoms with Gasteiger partial charge in [-0.2, -0.15) is 8.78 Å². The highest BCUT2D eigenvalue weighted by atomic mass is 31.2. The zero-order valence-corrected chi connectivity index (χ0v) is 10.7. The molecule has 0 radical (unpaired) electrons. The number of carbonyl (C=O) groups is 1. The second-order valence-electron chi connectivity index (χ2n) is 3.57. The van der Waals surface area contributed by atoms with Gasteiger partial charge in [-0.15, -0.1) is 0 Å². The van der Waals surface area contributed by atoms with E-state index in [1.807, 2.05) is 0 Å². The average Bonchev–Trinajstić information content (AvgIpc) is 2.35. The fraction of sp³-hybridized carbons (Fsp3) is 0.182. The summed E-state index contributed by atoms with van der Waals surface area (Å²) in [5, 5.41) is 0. The normalized spacial score (nSPS) is 12.7. The van der Waals surface area contributed by atoms with E-state index in [2.05, 4.69) is 4.74 Å². The number of benzene rings is 1. The Morgan fingerprint density at radius 2 is 2.05 bits per heavy atom. The number of methoxy groups -OCH3 is 1. The number of esters is 1. The molecule has 104 valence electrons. The van der Waals surface area contributed by atoms with Crippen LogP contribution in [0.2, 0.25) is 0 Å². The van der Waals surface area contributed by atoms with E-state index in [1.54, 1.807) is 0 Å². The summed E-state index contributed by atoms with van der Waals surface area (Å²) >= 11 is 0. The van der Waals surface area contributed by atoms with E-state index in [0.717, 1.165) is 25.3 Å². The van der Waals surface area contributed by atoms with Crippen molar-refractivity contribution < 1.29 is 32.7 Å². The van der Waals surface area contributed by atoms with Gasteiger partial charge in [0.05, 0.1) is 7.11 Å². The minimum absolute atomic E-state index is 0.191. The van der Waals surface area contributed by atoms with Gasteiger partial charge in [-0.05, 0) is 17.7 Å². The molecule has 0 spiro atoms. The van der Waals surface area contributed by atoms with Gasteiger partial charge in [0.15, 0.2) is 0 Å². The molecule has 2 N–H and O–H groups in total. The molecule has 0 saturated carbocycles. The highest BCUT2D eigenvalue weighted by Crippen LogP contribution is 2.59. The summed E-state index contributed by atoms with van der Waals surface area (Å²) in [6, 6.07) is 4.39. The van der Waals surface area contributed by atoms with Crippen molar-refractivity contribution in [2.75, 3.05) is 7.11 Å². The lowest BCUT2D eigenvalue weighted by molar-refractivity contribution is -0.134. The van der Waals surface area contributed by atoms with Gasteiger partial charge in [-0.25, -0.2) is 4.79 Å². The number of carbonyl (C=O) groups excluding carboxylic acids is 1. The van der Waals surface area contributed by atoms with E-state index in [0.29, 0.717) is 0 Å². The molecule has 0 aliphatic carbocycles. The van der Waals surface area contributed by atoms with Crippen molar-refractivity contribution in [1.82, 2.24) is 0 Å². The first-order chi connectivity index (χ1) is 8.68. The number of hydrogen-bond donors (Lipinski definition) is 2. The van der Waals surface area contributed by atoms with Crippen molar-refractivity contribution in [1.29, 1.82) is 0 Å². The van der Waals surface area contributed by atoms with Crippen LogP contribution < -0.4 is 0 Å². The van der Waals surface area contributed by atoms with Crippen molar-refractivity contribution >= 4 is 19.6 Å². The van der Waals surface area contributed by atoms with Crippen molar-refractivity contribution in [3.63, 3.8) is 0 Å². The molecule has 0 aliphatic rings. The molecule has 0 fully saturated rings. The molecule has 1 aromatic carbocycles. The van der Waals surface area contributed by atoms with E-state index in [1.165, 1.54) is 18.2 Å². The standard InChI is InChI=1S/C11H11F2O5P/c1-18-10(14)6-5-8-3-2-4-9(7-8)11(12,13)19(15,16)17/h2-7H,1H3,(H2,15,16,17)/b6-5+. The molecule has 5 nitrogen and oxygen atoms in total. The fourth-order valence-electron chi connectivity index (χ4n) is 1.23. The van der Waals surface area contributed by atoms with Crippen LogP contribution in [0.5, 0.6) is 0 Å². The third kappa shape index (κ3) is 3.70. The topological polar surface area (TPSA) is 83.8 Å². The molecule has 0 saturated heterocycles. The molecule has 0 bridgehead atoms. The second kappa shape index (κ2) is 5.61. The summed E-state index contributed by atoms with van der Waals surface area (Å²) in [6.07, 6.45) is 2.21. The predicted molar refractivity (Wildman–Crippen MR) is 63.4 cm³/mol. The fourth-order valence-corrected chi connectivity index (χ4v) is 1.71. The van der Waals surface area contributed by atoms with Crippen LogP contribution in [0.15, 0.2) is 30.3 Å². The monoisotopic (exact) mass is 292 g/mol. The van der Waals surface area contributed by atoms with E-state index in [4.69, 9.17) is 9.79 Å². The summed E-state index contributed by atoms with van der Waals surface area (Å²) in [4.78, 5) is 28.1. The zero-order chi connectivity index (χ0) is 14.7. The third-order valence-electron chi connectivity index (χ3n) is 2.21. The van der Waals surface area contributed by atoms with Crippen LogP contribution in [-0.2, 0) is 19.8 Å². The summed E-state index contributed by atoms with van der Waals surface area (Å²) in [6.45, 7) is 0. The first kappa shape index (κ1) is 15.5. The lowest BCUT2D eigenvalue weighted by atomic mass is 10.1. The Bertz CT molecular complexity index is 550. The smallest absolute Gasteiger partial charge is 0.399 e. The molecule has 0 heterocycles. The van der Waals surface area contributed by atoms with Gasteiger partial charge in [-0.1, -0.05) is 18.2 Å². The molecule has 19 heavy (non-hydrogen) atoms. The summed E-state index contributed by atoms with van der Waals surface area (Å²) in [5.41, 5.74) is -4.91. The largest absolute Gasteiger partial charge is 0.466 e. The summed E-state index contributed by atoms with van der Waals surface area (Å²) in [7, 11) is -4.45. The Kier molecular flexibility index (Phi) is 4.57. The number of ether oxygens (including phenoxy) is 1. The van der Waals surface area contributed by atoms with E-state index in [-0.39, 0.29) is 5.56 Å². The Balaban J connectivity index is 3.11. The predicted octanol–water partition coefficient (Wildman–Crippen LogP) is 2.10. The Morgan fingerprint density at radius 1 is 1.42 bits per heavy atom. The first-order valence-electron chi connectivity index (χ1n) is 4.98. The van der Waals surface area contributed by atoms with Gasteiger partial charge < -0.3 is 14.5 Å². The third-order valence-corrected chi connectivity index (χ3v) is 3.20. The van der Waals surface area contributed by atoms with E-state index >= 15 is 0 Å². The Morgan fingerprint density at radius 3 is 2.58 bits per heavy atom. The van der Waals surface area contributed by atoms with Crippen LogP contribution in [0.4, 0.5) is 8.78 Å². The molecule has 0 amide bonds. The van der Waals surface area contributed by atoms with Gasteiger partial charge in [0.1, 0.15) is 0 Å². The maximum absolute atomic E-state index is 13.4. The number of hydrogen-bond acceptors (Lipinski definition) is 3. The van der Waals surface area contributed by atoms with Crippen molar-refractivity contribution in [2.45, 2.75) is 5.66 Å². The summed E-state index contributed by atoms with van der Waals surface area (Å²) < 4.78 is 41.9. The highest BCUT2D eigenvalue weighted by Gasteiger charge is 2.50. The number of rotatable bonds is 4. The van der Waals surface area contributed by atoms with Gasteiger partial charge in [-0.3, -0.25) is 4.57 Å². The molecule has 0 aliphatic heterocycles. The minimum Gasteiger partial charge on any atom is -0.466 e. The quantitative estimate of drug-likeness (QED) is 0.504. The maximum atomic E-state index is 13.4. The van der Waals surface area contributed by atoms with Crippen molar-refractivity contribution in [2.24, 2.45) is 0 Å². The maximum Gasteiger partial charge on any atom is 0.399 e. The summed E-state index contributed by atoms with van der Waals surface area (Å²) in [5.74, 6) is -0.674. The first-order valence-corrected chi connectivity index (χ1v) is 6.60. The van der Waals surface area contributed by atoms with Gasteiger partial charge in [0.25, 0.3) is 0 Å². The molecule has 0 atom stereocenters. The zero-order valence-electron chi connectivity index (χ0n) is 9.79. The van der Waals surface area contributed by atoms with Gasteiger partial charge in [0, 0.05) is 11.6 Å². The number of alkyl halides is 2. The van der Waals surface area contributed by atoms with Crippen LogP contribution in [-0.4, -0.2) is 22.9 Å². The van der Waals surface area contributed by atoms with E-state index < -0.39 is 24.8 Å². The molecular weight excluding hydrogens is 281 g/mol. The lowest BCUT2D eigenvalue weighted by Crippen LogP contribution is -2.13. The molecular formula is C11H11F2O5P. The highest BCUT2D eigenvalue weighted by molar-refractivity contribution is 7.52. The Hall–Kier alpha value is -1.56. The van der Waals surface area contributed by atoms with Crippen molar-refractivity contribution in [3.05, 3.63) is 41.5 Å². The SMILES string of the molecule is COC(=O)/C=C/c1cccc(C(F)(F)P(=O)(O)O)c1. The van der Waals surface area contributed by atoms with E-state index in [9.17, 15) is 18.1 Å². The molecule has 1 rings (SSSR count). The van der Waals surface area contributed by atoms with Gasteiger partial charge >= 0.3 is 19.2 Å². The second-order valence-corrected chi connectivity index (χ2v) is 5.22. The molecule has 0 unspecified atom stereocenters. The van der Waals surface area contributed by atoms with Crippen LogP contribution >= 0.6 is 7.60 Å². The minimum atomic E-state index is -5.60. The average molecular weight is 292 g/mol. The van der Waals surface area contributed by atoms with Crippen LogP contribution in [0.25, 0.3) is 6.08 Å². The van der Waals surface area contributed by atoms with Gasteiger partial charge in [0.2, 0.25) is 0 Å².